The molecule has 3 rings (SSSR count). The van der Waals surface area contributed by atoms with Gasteiger partial charge in [-0.1, -0.05) is 30.7 Å². The van der Waals surface area contributed by atoms with Crippen LogP contribution in [0.3, 0.4) is 0 Å². The molecule has 0 unspecified atom stereocenters. The first-order chi connectivity index (χ1) is 12.5. The zero-order chi connectivity index (χ0) is 18.6. The summed E-state index contributed by atoms with van der Waals surface area (Å²) in [6.07, 6.45) is 0.562. The van der Waals surface area contributed by atoms with Crippen LogP contribution in [0, 0.1) is 0 Å². The van der Waals surface area contributed by atoms with Crippen molar-refractivity contribution < 1.29 is 13.2 Å². The Bertz CT molecular complexity index is 1010. The van der Waals surface area contributed by atoms with Crippen LogP contribution in [0.25, 0.3) is 17.0 Å². The van der Waals surface area contributed by atoms with Crippen LogP contribution in [0.1, 0.15) is 13.3 Å². The Morgan fingerprint density at radius 1 is 1.19 bits per heavy atom. The Morgan fingerprint density at radius 3 is 2.77 bits per heavy atom. The summed E-state index contributed by atoms with van der Waals surface area (Å²) in [7, 11) is -3.25. The predicted octanol–water partition coefficient (Wildman–Crippen LogP) is 2.15. The summed E-state index contributed by atoms with van der Waals surface area (Å²) in [4.78, 5) is 0. The van der Waals surface area contributed by atoms with E-state index < -0.39 is 10.0 Å². The lowest BCUT2D eigenvalue weighted by atomic mass is 10.2. The molecule has 0 bridgehead atoms. The Morgan fingerprint density at radius 2 is 2.00 bits per heavy atom. The van der Waals surface area contributed by atoms with E-state index in [1.165, 1.54) is 4.52 Å². The summed E-state index contributed by atoms with van der Waals surface area (Å²) in [5.74, 6) is 0.930. The zero-order valence-corrected chi connectivity index (χ0v) is 15.7. The first-order valence-corrected chi connectivity index (χ1v) is 10.1. The van der Waals surface area contributed by atoms with Crippen molar-refractivity contribution in [3.05, 3.63) is 41.4 Å². The number of ether oxygens (including phenoxy) is 1. The summed E-state index contributed by atoms with van der Waals surface area (Å²) < 4.78 is 32.7. The van der Waals surface area contributed by atoms with Crippen molar-refractivity contribution in [2.45, 2.75) is 13.3 Å². The van der Waals surface area contributed by atoms with Crippen molar-refractivity contribution in [3.63, 3.8) is 0 Å². The molecule has 0 aliphatic carbocycles. The number of nitrogens with one attached hydrogen (secondary N) is 1. The SMILES string of the molecule is CCCS(=O)(=O)NCCOc1ccc2nnc(-c3ccccc3Cl)n2n1. The molecule has 0 radical (unpaired) electrons. The molecule has 0 spiro atoms. The lowest BCUT2D eigenvalue weighted by molar-refractivity contribution is 0.306. The second-order valence-electron chi connectivity index (χ2n) is 5.51. The average Bonchev–Trinajstić information content (AvgIpc) is 3.02. The highest BCUT2D eigenvalue weighted by atomic mass is 35.5. The van der Waals surface area contributed by atoms with Crippen molar-refractivity contribution in [3.8, 4) is 17.3 Å². The number of rotatable bonds is 8. The molecule has 2 heterocycles. The number of fused-ring (bicyclic) bond motifs is 1. The molecule has 2 aromatic heterocycles. The molecule has 8 nitrogen and oxygen atoms in total. The van der Waals surface area contributed by atoms with E-state index in [4.69, 9.17) is 16.3 Å². The fourth-order valence-electron chi connectivity index (χ4n) is 2.35. The quantitative estimate of drug-likeness (QED) is 0.587. The van der Waals surface area contributed by atoms with Crippen LogP contribution in [-0.4, -0.2) is 47.1 Å². The van der Waals surface area contributed by atoms with Crippen LogP contribution in [0.2, 0.25) is 5.02 Å². The highest BCUT2D eigenvalue weighted by Gasteiger charge is 2.13. The van der Waals surface area contributed by atoms with Gasteiger partial charge in [0.25, 0.3) is 0 Å². The van der Waals surface area contributed by atoms with Crippen LogP contribution in [-0.2, 0) is 10.0 Å². The Hall–Kier alpha value is -2.23. The number of benzene rings is 1. The molecule has 26 heavy (non-hydrogen) atoms. The molecule has 10 heteroatoms. The van der Waals surface area contributed by atoms with Gasteiger partial charge in [-0.25, -0.2) is 13.1 Å². The van der Waals surface area contributed by atoms with Crippen LogP contribution in [0.5, 0.6) is 5.88 Å². The minimum absolute atomic E-state index is 0.0963. The second kappa shape index (κ2) is 7.98. The molecular formula is C16H18ClN5O3S. The van der Waals surface area contributed by atoms with E-state index in [0.717, 1.165) is 0 Å². The third-order valence-electron chi connectivity index (χ3n) is 3.50. The van der Waals surface area contributed by atoms with E-state index in [-0.39, 0.29) is 18.9 Å². The van der Waals surface area contributed by atoms with Gasteiger partial charge in [0.2, 0.25) is 15.9 Å². The summed E-state index contributed by atoms with van der Waals surface area (Å²) in [6, 6.07) is 10.6. The van der Waals surface area contributed by atoms with Crippen molar-refractivity contribution in [1.82, 2.24) is 24.5 Å². The van der Waals surface area contributed by atoms with E-state index >= 15 is 0 Å². The topological polar surface area (TPSA) is 98.5 Å². The van der Waals surface area contributed by atoms with Gasteiger partial charge in [-0.15, -0.1) is 15.3 Å². The van der Waals surface area contributed by atoms with Gasteiger partial charge < -0.3 is 4.74 Å². The summed E-state index contributed by atoms with van der Waals surface area (Å²) in [6.45, 7) is 2.14. The largest absolute Gasteiger partial charge is 0.475 e. The Kier molecular flexibility index (Phi) is 5.70. The Labute approximate surface area is 156 Å². The number of hydrogen-bond donors (Lipinski definition) is 1. The molecular weight excluding hydrogens is 378 g/mol. The molecule has 0 saturated heterocycles. The zero-order valence-electron chi connectivity index (χ0n) is 14.1. The van der Waals surface area contributed by atoms with E-state index in [1.54, 1.807) is 18.2 Å². The minimum atomic E-state index is -3.25. The monoisotopic (exact) mass is 395 g/mol. The molecule has 0 saturated carbocycles. The van der Waals surface area contributed by atoms with Gasteiger partial charge in [-0.3, -0.25) is 0 Å². The summed E-state index contributed by atoms with van der Waals surface area (Å²) in [5, 5.41) is 13.1. The molecule has 0 aliphatic heterocycles. The van der Waals surface area contributed by atoms with Gasteiger partial charge in [-0.05, 0) is 24.6 Å². The van der Waals surface area contributed by atoms with Crippen LogP contribution >= 0.6 is 11.6 Å². The number of nitrogens with zero attached hydrogens (tertiary/aromatic N) is 4. The van der Waals surface area contributed by atoms with E-state index in [0.29, 0.717) is 34.4 Å². The first-order valence-electron chi connectivity index (χ1n) is 8.07. The average molecular weight is 396 g/mol. The molecule has 0 amide bonds. The maximum Gasteiger partial charge on any atom is 0.231 e. The molecule has 0 fully saturated rings. The van der Waals surface area contributed by atoms with Crippen molar-refractivity contribution in [2.75, 3.05) is 18.9 Å². The van der Waals surface area contributed by atoms with E-state index in [2.05, 4.69) is 20.0 Å². The highest BCUT2D eigenvalue weighted by molar-refractivity contribution is 7.89. The van der Waals surface area contributed by atoms with Gasteiger partial charge in [0.15, 0.2) is 11.5 Å². The lowest BCUT2D eigenvalue weighted by Crippen LogP contribution is -2.30. The van der Waals surface area contributed by atoms with Gasteiger partial charge in [0, 0.05) is 18.2 Å². The van der Waals surface area contributed by atoms with Gasteiger partial charge in [0.1, 0.15) is 6.61 Å². The number of hydrogen-bond acceptors (Lipinski definition) is 6. The van der Waals surface area contributed by atoms with Gasteiger partial charge >= 0.3 is 0 Å². The highest BCUT2D eigenvalue weighted by Crippen LogP contribution is 2.26. The molecule has 0 atom stereocenters. The maximum absolute atomic E-state index is 11.6. The number of aromatic nitrogens is 4. The van der Waals surface area contributed by atoms with Crippen LogP contribution in [0.15, 0.2) is 36.4 Å². The fourth-order valence-corrected chi connectivity index (χ4v) is 3.65. The van der Waals surface area contributed by atoms with E-state index in [9.17, 15) is 8.42 Å². The number of sulfonamides is 1. The molecule has 0 aliphatic rings. The molecule has 138 valence electrons. The predicted molar refractivity (Wildman–Crippen MR) is 98.8 cm³/mol. The first kappa shape index (κ1) is 18.6. The van der Waals surface area contributed by atoms with E-state index in [1.807, 2.05) is 25.1 Å². The van der Waals surface area contributed by atoms with Crippen molar-refractivity contribution >= 4 is 27.3 Å². The standard InChI is InChI=1S/C16H18ClN5O3S/c1-2-11-26(23,24)18-9-10-25-15-8-7-14-19-20-16(22(14)21-15)12-5-3-4-6-13(12)17/h3-8,18H,2,9-11H2,1H3. The minimum Gasteiger partial charge on any atom is -0.475 e. The third kappa shape index (κ3) is 4.29. The molecule has 3 aromatic rings. The van der Waals surface area contributed by atoms with Crippen molar-refractivity contribution in [2.24, 2.45) is 0 Å². The third-order valence-corrected chi connectivity index (χ3v) is 5.42. The second-order valence-corrected chi connectivity index (χ2v) is 7.84. The van der Waals surface area contributed by atoms with Crippen LogP contribution in [0.4, 0.5) is 0 Å². The van der Waals surface area contributed by atoms with Gasteiger partial charge in [-0.2, -0.15) is 4.52 Å². The van der Waals surface area contributed by atoms with Crippen LogP contribution < -0.4 is 9.46 Å². The van der Waals surface area contributed by atoms with Gasteiger partial charge in [0.05, 0.1) is 10.8 Å². The normalized spacial score (nSPS) is 11.8. The lowest BCUT2D eigenvalue weighted by Gasteiger charge is -2.08. The van der Waals surface area contributed by atoms with Crippen molar-refractivity contribution in [1.29, 1.82) is 0 Å². The summed E-state index contributed by atoms with van der Waals surface area (Å²) in [5.41, 5.74) is 1.26. The number of halogens is 1. The summed E-state index contributed by atoms with van der Waals surface area (Å²) >= 11 is 6.22. The molecule has 1 N–H and O–H groups in total. The smallest absolute Gasteiger partial charge is 0.231 e. The molecule has 1 aromatic carbocycles. The Balaban J connectivity index is 1.73. The maximum atomic E-state index is 11.6. The fraction of sp³-hybridized carbons (Fsp3) is 0.312.